The highest BCUT2D eigenvalue weighted by molar-refractivity contribution is 7.18. The van der Waals surface area contributed by atoms with Crippen LogP contribution in [0, 0.1) is 6.92 Å². The third kappa shape index (κ3) is 4.43. The molecule has 2 aromatic heterocycles. The minimum absolute atomic E-state index is 0.412. The molecule has 0 aliphatic heterocycles. The van der Waals surface area contributed by atoms with Crippen LogP contribution in [-0.2, 0) is 6.61 Å². The zero-order valence-electron chi connectivity index (χ0n) is 15.4. The van der Waals surface area contributed by atoms with Gasteiger partial charge in [-0.2, -0.15) is 0 Å². The van der Waals surface area contributed by atoms with Crippen LogP contribution in [0.15, 0.2) is 36.4 Å². The van der Waals surface area contributed by atoms with Crippen LogP contribution in [0.25, 0.3) is 15.8 Å². The number of thiazole rings is 1. The number of benzene rings is 1. The van der Waals surface area contributed by atoms with E-state index in [0.717, 1.165) is 50.8 Å². The average molecular weight is 387 g/mol. The number of pyridine rings is 1. The number of allylic oxidation sites excluding steroid dienone is 2. The van der Waals surface area contributed by atoms with E-state index < -0.39 is 0 Å². The van der Waals surface area contributed by atoms with E-state index in [2.05, 4.69) is 37.0 Å². The molecule has 3 aromatic rings. The highest BCUT2D eigenvalue weighted by Crippen LogP contribution is 2.27. The van der Waals surface area contributed by atoms with Gasteiger partial charge in [-0.1, -0.05) is 44.0 Å². The minimum atomic E-state index is 0.412. The van der Waals surface area contributed by atoms with E-state index in [0.29, 0.717) is 12.5 Å². The van der Waals surface area contributed by atoms with Crippen molar-refractivity contribution in [2.75, 3.05) is 0 Å². The fraction of sp³-hybridized carbons (Fsp3) is 0.333. The quantitative estimate of drug-likeness (QED) is 0.446. The van der Waals surface area contributed by atoms with Crippen molar-refractivity contribution in [2.45, 2.75) is 46.6 Å². The molecule has 0 saturated heterocycles. The molecule has 3 rings (SSSR count). The zero-order valence-corrected chi connectivity index (χ0v) is 17.0. The topological polar surface area (TPSA) is 35.0 Å². The van der Waals surface area contributed by atoms with Gasteiger partial charge in [0.2, 0.25) is 5.88 Å². The third-order valence-electron chi connectivity index (χ3n) is 4.08. The lowest BCUT2D eigenvalue weighted by molar-refractivity contribution is 0.291. The standard InChI is InChI=1S/C21H23ClN2OS/c1-4-6-15(7-5-2)17-10-8-14(3)21(24-17)25-13-20-23-18-11-9-16(22)12-19(18)26-20/h6,8-12H,4-5,7,13H2,1-3H3/b15-6+. The number of aromatic nitrogens is 2. The van der Waals surface area contributed by atoms with Crippen LogP contribution in [-0.4, -0.2) is 9.97 Å². The number of aryl methyl sites for hydroxylation is 1. The van der Waals surface area contributed by atoms with Crippen LogP contribution in [0.4, 0.5) is 0 Å². The van der Waals surface area contributed by atoms with Crippen molar-refractivity contribution < 1.29 is 4.74 Å². The third-order valence-corrected chi connectivity index (χ3v) is 5.30. The van der Waals surface area contributed by atoms with Gasteiger partial charge < -0.3 is 4.74 Å². The van der Waals surface area contributed by atoms with Gasteiger partial charge in [0.15, 0.2) is 0 Å². The Kier molecular flexibility index (Phi) is 6.28. The average Bonchev–Trinajstić information content (AvgIpc) is 3.03. The number of ether oxygens (including phenoxy) is 1. The molecule has 0 saturated carbocycles. The molecular weight excluding hydrogens is 364 g/mol. The maximum absolute atomic E-state index is 6.05. The molecule has 0 unspecified atom stereocenters. The lowest BCUT2D eigenvalue weighted by Gasteiger charge is -2.11. The molecule has 26 heavy (non-hydrogen) atoms. The van der Waals surface area contributed by atoms with Gasteiger partial charge in [-0.15, -0.1) is 11.3 Å². The normalized spacial score (nSPS) is 11.9. The minimum Gasteiger partial charge on any atom is -0.470 e. The van der Waals surface area contributed by atoms with Crippen molar-refractivity contribution in [1.29, 1.82) is 0 Å². The molecule has 0 bridgehead atoms. The van der Waals surface area contributed by atoms with Crippen LogP contribution in [0.3, 0.4) is 0 Å². The second-order valence-electron chi connectivity index (χ2n) is 6.21. The summed E-state index contributed by atoms with van der Waals surface area (Å²) in [5.74, 6) is 0.679. The van der Waals surface area contributed by atoms with E-state index in [1.807, 2.05) is 25.1 Å². The number of hydrogen-bond donors (Lipinski definition) is 0. The summed E-state index contributed by atoms with van der Waals surface area (Å²) >= 11 is 7.66. The van der Waals surface area contributed by atoms with Gasteiger partial charge in [-0.25, -0.2) is 9.97 Å². The fourth-order valence-corrected chi connectivity index (χ4v) is 3.98. The first-order valence-corrected chi connectivity index (χ1v) is 10.1. The Labute approximate surface area is 163 Å². The van der Waals surface area contributed by atoms with Crippen molar-refractivity contribution >= 4 is 38.7 Å². The molecule has 0 aliphatic carbocycles. The van der Waals surface area contributed by atoms with E-state index in [-0.39, 0.29) is 0 Å². The Hall–Kier alpha value is -1.91. The number of fused-ring (bicyclic) bond motifs is 1. The first kappa shape index (κ1) is 18.9. The van der Waals surface area contributed by atoms with Gasteiger partial charge in [-0.05, 0) is 49.6 Å². The Morgan fingerprint density at radius 2 is 2.04 bits per heavy atom. The molecular formula is C21H23ClN2OS. The number of rotatable bonds is 7. The molecule has 0 spiro atoms. The second-order valence-corrected chi connectivity index (χ2v) is 7.77. The molecule has 0 amide bonds. The van der Waals surface area contributed by atoms with E-state index in [1.54, 1.807) is 11.3 Å². The van der Waals surface area contributed by atoms with Gasteiger partial charge in [0, 0.05) is 10.6 Å². The number of halogens is 1. The van der Waals surface area contributed by atoms with Crippen molar-refractivity contribution in [2.24, 2.45) is 0 Å². The largest absolute Gasteiger partial charge is 0.470 e. The summed E-state index contributed by atoms with van der Waals surface area (Å²) in [6, 6.07) is 9.90. The van der Waals surface area contributed by atoms with Crippen molar-refractivity contribution in [3.05, 3.63) is 57.7 Å². The number of hydrogen-bond acceptors (Lipinski definition) is 4. The molecule has 5 heteroatoms. The maximum Gasteiger partial charge on any atom is 0.217 e. The SMILES string of the molecule is CC/C=C(\CCC)c1ccc(C)c(OCc2nc3ccc(Cl)cc3s2)n1. The highest BCUT2D eigenvalue weighted by Gasteiger charge is 2.10. The Morgan fingerprint density at radius 1 is 1.19 bits per heavy atom. The summed E-state index contributed by atoms with van der Waals surface area (Å²) in [4.78, 5) is 9.37. The molecule has 0 aliphatic rings. The predicted molar refractivity (Wildman–Crippen MR) is 111 cm³/mol. The van der Waals surface area contributed by atoms with E-state index >= 15 is 0 Å². The van der Waals surface area contributed by atoms with Crippen molar-refractivity contribution in [3.8, 4) is 5.88 Å². The van der Waals surface area contributed by atoms with Crippen LogP contribution >= 0.6 is 22.9 Å². The summed E-state index contributed by atoms with van der Waals surface area (Å²) in [6.45, 7) is 6.78. The van der Waals surface area contributed by atoms with E-state index in [9.17, 15) is 0 Å². The molecule has 136 valence electrons. The van der Waals surface area contributed by atoms with Crippen LogP contribution in [0.5, 0.6) is 5.88 Å². The Morgan fingerprint density at radius 3 is 2.81 bits per heavy atom. The molecule has 3 nitrogen and oxygen atoms in total. The van der Waals surface area contributed by atoms with Crippen molar-refractivity contribution in [1.82, 2.24) is 9.97 Å². The fourth-order valence-electron chi connectivity index (χ4n) is 2.82. The summed E-state index contributed by atoms with van der Waals surface area (Å²) in [7, 11) is 0. The summed E-state index contributed by atoms with van der Waals surface area (Å²) < 4.78 is 7.08. The molecule has 0 atom stereocenters. The monoisotopic (exact) mass is 386 g/mol. The first-order valence-electron chi connectivity index (χ1n) is 8.95. The van der Waals surface area contributed by atoms with E-state index in [1.165, 1.54) is 5.57 Å². The summed E-state index contributed by atoms with van der Waals surface area (Å²) in [6.07, 6.45) is 5.39. The lowest BCUT2D eigenvalue weighted by Crippen LogP contribution is -2.01. The van der Waals surface area contributed by atoms with Crippen molar-refractivity contribution in [3.63, 3.8) is 0 Å². The van der Waals surface area contributed by atoms with Crippen LogP contribution < -0.4 is 4.74 Å². The molecule has 2 heterocycles. The van der Waals surface area contributed by atoms with Gasteiger partial charge in [0.1, 0.15) is 11.6 Å². The predicted octanol–water partition coefficient (Wildman–Crippen LogP) is 6.83. The molecule has 0 N–H and O–H groups in total. The van der Waals surface area contributed by atoms with Gasteiger partial charge in [0.25, 0.3) is 0 Å². The molecule has 0 fully saturated rings. The Balaban J connectivity index is 1.80. The molecule has 0 radical (unpaired) electrons. The maximum atomic E-state index is 6.05. The second kappa shape index (κ2) is 8.65. The first-order chi connectivity index (χ1) is 12.6. The van der Waals surface area contributed by atoms with E-state index in [4.69, 9.17) is 21.3 Å². The smallest absolute Gasteiger partial charge is 0.217 e. The van der Waals surface area contributed by atoms with Gasteiger partial charge in [0.05, 0.1) is 15.9 Å². The van der Waals surface area contributed by atoms with Gasteiger partial charge in [-0.3, -0.25) is 0 Å². The summed E-state index contributed by atoms with van der Waals surface area (Å²) in [5.41, 5.74) is 4.28. The van der Waals surface area contributed by atoms with Crippen LogP contribution in [0.2, 0.25) is 5.02 Å². The lowest BCUT2D eigenvalue weighted by atomic mass is 10.0. The zero-order chi connectivity index (χ0) is 18.5. The summed E-state index contributed by atoms with van der Waals surface area (Å²) in [5, 5.41) is 1.65. The van der Waals surface area contributed by atoms with Gasteiger partial charge >= 0.3 is 0 Å². The molecule has 1 aromatic carbocycles. The van der Waals surface area contributed by atoms with Crippen LogP contribution in [0.1, 0.15) is 49.4 Å². The number of nitrogens with zero attached hydrogens (tertiary/aromatic N) is 2. The highest BCUT2D eigenvalue weighted by atomic mass is 35.5. The Bertz CT molecular complexity index is 933.